The van der Waals surface area contributed by atoms with Crippen LogP contribution in [0.2, 0.25) is 5.02 Å². The molecule has 33 heavy (non-hydrogen) atoms. The first-order chi connectivity index (χ1) is 15.8. The fourth-order valence-electron chi connectivity index (χ4n) is 3.55. The molecule has 0 radical (unpaired) electrons. The summed E-state index contributed by atoms with van der Waals surface area (Å²) in [4.78, 5) is 51.8. The van der Waals surface area contributed by atoms with Crippen LogP contribution in [0, 0.1) is 5.13 Å². The summed E-state index contributed by atoms with van der Waals surface area (Å²) in [5.74, 6) is -2.99. The third-order valence-corrected chi connectivity index (χ3v) is 6.68. The molecular formula is C23H21ClFNO6S. The Morgan fingerprint density at radius 3 is 2.24 bits per heavy atom. The Bertz CT molecular complexity index is 1130. The smallest absolute Gasteiger partial charge is 0.334 e. The molecule has 1 aromatic carbocycles. The molecule has 3 rings (SSSR count). The van der Waals surface area contributed by atoms with Gasteiger partial charge in [-0.2, -0.15) is 4.39 Å². The summed E-state index contributed by atoms with van der Waals surface area (Å²) >= 11 is 6.92. The minimum atomic E-state index is -0.910. The molecule has 0 spiro atoms. The van der Waals surface area contributed by atoms with Crippen molar-refractivity contribution >= 4 is 52.4 Å². The minimum Gasteiger partial charge on any atom is -0.469 e. The summed E-state index contributed by atoms with van der Waals surface area (Å²) in [6, 6.07) is 7.85. The lowest BCUT2D eigenvalue weighted by Crippen LogP contribution is -2.39. The lowest BCUT2D eigenvalue weighted by molar-refractivity contribution is -0.139. The monoisotopic (exact) mass is 493 g/mol. The fourth-order valence-corrected chi connectivity index (χ4v) is 4.84. The summed E-state index contributed by atoms with van der Waals surface area (Å²) in [5, 5.41) is -1.15. The van der Waals surface area contributed by atoms with Gasteiger partial charge in [-0.15, -0.1) is 11.3 Å². The molecule has 174 valence electrons. The Kier molecular flexibility index (Phi) is 7.99. The van der Waals surface area contributed by atoms with Gasteiger partial charge in [0.1, 0.15) is 5.69 Å². The maximum Gasteiger partial charge on any atom is 0.334 e. The van der Waals surface area contributed by atoms with Gasteiger partial charge in [-0.3, -0.25) is 14.4 Å². The molecule has 0 N–H and O–H groups in total. The average Bonchev–Trinajstić information content (AvgIpc) is 3.11. The molecule has 10 heteroatoms. The van der Waals surface area contributed by atoms with Crippen molar-refractivity contribution < 1.29 is 33.0 Å². The molecule has 1 aliphatic rings. The zero-order chi connectivity index (χ0) is 24.1. The van der Waals surface area contributed by atoms with Crippen molar-refractivity contribution in [3.8, 4) is 0 Å². The maximum atomic E-state index is 15.1. The number of anilines is 1. The van der Waals surface area contributed by atoms with Crippen LogP contribution < -0.4 is 4.90 Å². The number of hydrogen-bond acceptors (Lipinski definition) is 7. The SMILES string of the molecule is COC(=O)Cc1sc(F)c(N(C(=O)C2=C(C(=O)OC)CCCC2)C(=O)c2ccccc2)c1Cl. The van der Waals surface area contributed by atoms with E-state index in [2.05, 4.69) is 4.74 Å². The number of ether oxygens (including phenoxy) is 2. The van der Waals surface area contributed by atoms with E-state index in [1.165, 1.54) is 26.4 Å². The second kappa shape index (κ2) is 10.7. The fraction of sp³-hybridized carbons (Fsp3) is 0.304. The molecular weight excluding hydrogens is 473 g/mol. The molecule has 0 unspecified atom stereocenters. The highest BCUT2D eigenvalue weighted by Gasteiger charge is 2.36. The highest BCUT2D eigenvalue weighted by Crippen LogP contribution is 2.41. The van der Waals surface area contributed by atoms with Crippen molar-refractivity contribution in [1.29, 1.82) is 0 Å². The summed E-state index contributed by atoms with van der Waals surface area (Å²) < 4.78 is 24.5. The highest BCUT2D eigenvalue weighted by molar-refractivity contribution is 7.11. The number of carbonyl (C=O) groups excluding carboxylic acids is 4. The summed E-state index contributed by atoms with van der Waals surface area (Å²) in [5.41, 5.74) is -0.102. The van der Waals surface area contributed by atoms with E-state index in [0.717, 1.165) is 0 Å². The molecule has 0 fully saturated rings. The predicted octanol–water partition coefficient (Wildman–Crippen LogP) is 4.47. The second-order valence-corrected chi connectivity index (χ2v) is 8.62. The minimum absolute atomic E-state index is 0.0774. The van der Waals surface area contributed by atoms with Crippen molar-refractivity contribution in [3.05, 3.63) is 62.1 Å². The number of methoxy groups -OCH3 is 2. The Morgan fingerprint density at radius 1 is 1.00 bits per heavy atom. The molecule has 0 saturated heterocycles. The molecule has 1 heterocycles. The summed E-state index contributed by atoms with van der Waals surface area (Å²) in [6.45, 7) is 0. The van der Waals surface area contributed by atoms with Crippen LogP contribution in [0.5, 0.6) is 0 Å². The Balaban J connectivity index is 2.17. The van der Waals surface area contributed by atoms with E-state index in [0.29, 0.717) is 35.5 Å². The predicted molar refractivity (Wildman–Crippen MR) is 121 cm³/mol. The number of benzene rings is 1. The lowest BCUT2D eigenvalue weighted by Gasteiger charge is -2.25. The van der Waals surface area contributed by atoms with Crippen LogP contribution in [-0.4, -0.2) is 38.0 Å². The van der Waals surface area contributed by atoms with Gasteiger partial charge in [-0.05, 0) is 37.8 Å². The van der Waals surface area contributed by atoms with Gasteiger partial charge < -0.3 is 9.47 Å². The Labute approximate surface area is 198 Å². The number of imide groups is 1. The van der Waals surface area contributed by atoms with Crippen LogP contribution in [0.4, 0.5) is 10.1 Å². The third kappa shape index (κ3) is 5.15. The standard InChI is InChI=1S/C23H21ClFNO6S/c1-31-17(27)12-16-18(24)19(20(25)33-16)26(21(28)13-8-4-3-5-9-13)22(29)14-10-6-7-11-15(14)23(30)32-2/h3-5,8-9H,6-7,10-12H2,1-2H3. The van der Waals surface area contributed by atoms with Gasteiger partial charge in [-0.1, -0.05) is 29.8 Å². The highest BCUT2D eigenvalue weighted by atomic mass is 35.5. The number of nitrogens with zero attached hydrogens (tertiary/aromatic N) is 1. The van der Waals surface area contributed by atoms with Gasteiger partial charge in [0, 0.05) is 21.6 Å². The second-order valence-electron chi connectivity index (χ2n) is 7.18. The lowest BCUT2D eigenvalue weighted by atomic mass is 9.90. The molecule has 0 saturated carbocycles. The Hall–Kier alpha value is -3.04. The average molecular weight is 494 g/mol. The first-order valence-electron chi connectivity index (χ1n) is 10.1. The van der Waals surface area contributed by atoms with Crippen LogP contribution in [0.3, 0.4) is 0 Å². The van der Waals surface area contributed by atoms with Gasteiger partial charge in [0.15, 0.2) is 0 Å². The van der Waals surface area contributed by atoms with E-state index in [-0.39, 0.29) is 39.5 Å². The van der Waals surface area contributed by atoms with Gasteiger partial charge in [0.05, 0.1) is 25.7 Å². The first kappa shape index (κ1) is 24.6. The molecule has 1 aromatic heterocycles. The first-order valence-corrected chi connectivity index (χ1v) is 11.3. The number of hydrogen-bond donors (Lipinski definition) is 0. The number of thiophene rings is 1. The number of esters is 2. The maximum absolute atomic E-state index is 15.1. The molecule has 0 aliphatic heterocycles. The quantitative estimate of drug-likeness (QED) is 0.435. The molecule has 7 nitrogen and oxygen atoms in total. The molecule has 0 bridgehead atoms. The van der Waals surface area contributed by atoms with Crippen molar-refractivity contribution in [2.45, 2.75) is 32.1 Å². The van der Waals surface area contributed by atoms with E-state index in [1.54, 1.807) is 18.2 Å². The molecule has 1 aliphatic carbocycles. The van der Waals surface area contributed by atoms with Gasteiger partial charge in [-0.25, -0.2) is 9.69 Å². The van der Waals surface area contributed by atoms with Crippen molar-refractivity contribution in [2.75, 3.05) is 19.1 Å². The van der Waals surface area contributed by atoms with Gasteiger partial charge in [0.25, 0.3) is 11.8 Å². The van der Waals surface area contributed by atoms with Crippen LogP contribution in [-0.2, 0) is 30.3 Å². The van der Waals surface area contributed by atoms with Crippen molar-refractivity contribution in [1.82, 2.24) is 0 Å². The Morgan fingerprint density at radius 2 is 1.64 bits per heavy atom. The zero-order valence-electron chi connectivity index (χ0n) is 18.0. The molecule has 2 amide bonds. The summed E-state index contributed by atoms with van der Waals surface area (Å²) in [6.07, 6.45) is 1.48. The van der Waals surface area contributed by atoms with E-state index >= 15 is 4.39 Å². The van der Waals surface area contributed by atoms with Crippen LogP contribution >= 0.6 is 22.9 Å². The van der Waals surface area contributed by atoms with Gasteiger partial charge >= 0.3 is 11.9 Å². The number of carbonyl (C=O) groups is 4. The van der Waals surface area contributed by atoms with Crippen molar-refractivity contribution in [2.24, 2.45) is 0 Å². The van der Waals surface area contributed by atoms with E-state index in [4.69, 9.17) is 16.3 Å². The van der Waals surface area contributed by atoms with E-state index < -0.39 is 34.6 Å². The zero-order valence-corrected chi connectivity index (χ0v) is 19.6. The summed E-state index contributed by atoms with van der Waals surface area (Å²) in [7, 11) is 2.38. The normalized spacial score (nSPS) is 13.5. The molecule has 0 atom stereocenters. The number of halogens is 2. The third-order valence-electron chi connectivity index (χ3n) is 5.19. The van der Waals surface area contributed by atoms with E-state index in [1.807, 2.05) is 0 Å². The van der Waals surface area contributed by atoms with Gasteiger partial charge in [0.2, 0.25) is 5.13 Å². The van der Waals surface area contributed by atoms with Crippen LogP contribution in [0.15, 0.2) is 41.5 Å². The number of amides is 2. The van der Waals surface area contributed by atoms with E-state index in [9.17, 15) is 19.2 Å². The van der Waals surface area contributed by atoms with Crippen LogP contribution in [0.25, 0.3) is 0 Å². The molecule has 2 aromatic rings. The number of rotatable bonds is 6. The van der Waals surface area contributed by atoms with Crippen LogP contribution in [0.1, 0.15) is 40.9 Å². The largest absolute Gasteiger partial charge is 0.469 e. The topological polar surface area (TPSA) is 90.0 Å². The van der Waals surface area contributed by atoms with Crippen molar-refractivity contribution in [3.63, 3.8) is 0 Å².